The summed E-state index contributed by atoms with van der Waals surface area (Å²) in [6.07, 6.45) is 1.92. The molecule has 0 aromatic heterocycles. The lowest BCUT2D eigenvalue weighted by atomic mass is 10.6. The molecule has 0 unspecified atom stereocenters. The molecule has 0 saturated carbocycles. The zero-order chi connectivity index (χ0) is 8.74. The SMILES string of the molecule is C=CCOOS(=O)(=O)CCC. The second kappa shape index (κ2) is 5.29. The minimum Gasteiger partial charge on any atom is -0.216 e. The minimum atomic E-state index is -3.47. The van der Waals surface area contributed by atoms with Gasteiger partial charge in [-0.05, 0) is 6.42 Å². The van der Waals surface area contributed by atoms with E-state index in [0.717, 1.165) is 0 Å². The van der Waals surface area contributed by atoms with E-state index in [0.29, 0.717) is 6.42 Å². The van der Waals surface area contributed by atoms with Crippen LogP contribution in [0.15, 0.2) is 12.7 Å². The molecule has 0 aromatic carbocycles. The van der Waals surface area contributed by atoms with Crippen molar-refractivity contribution in [2.24, 2.45) is 0 Å². The minimum absolute atomic E-state index is 0.0237. The zero-order valence-corrected chi connectivity index (χ0v) is 7.26. The number of hydrogen-bond donors (Lipinski definition) is 0. The lowest BCUT2D eigenvalue weighted by Crippen LogP contribution is -2.10. The summed E-state index contributed by atoms with van der Waals surface area (Å²) in [5.41, 5.74) is 0. The molecule has 0 saturated heterocycles. The highest BCUT2D eigenvalue weighted by Crippen LogP contribution is 1.96. The van der Waals surface area contributed by atoms with Gasteiger partial charge in [0, 0.05) is 0 Å². The van der Waals surface area contributed by atoms with Crippen LogP contribution >= 0.6 is 0 Å². The first-order valence-corrected chi connectivity index (χ1v) is 4.84. The van der Waals surface area contributed by atoms with Gasteiger partial charge in [-0.15, -0.1) is 10.9 Å². The lowest BCUT2D eigenvalue weighted by Gasteiger charge is -2.00. The van der Waals surface area contributed by atoms with Gasteiger partial charge < -0.3 is 0 Å². The van der Waals surface area contributed by atoms with E-state index in [-0.39, 0.29) is 12.4 Å². The van der Waals surface area contributed by atoms with Gasteiger partial charge in [0.05, 0.1) is 5.75 Å². The maximum atomic E-state index is 10.7. The van der Waals surface area contributed by atoms with Crippen molar-refractivity contribution in [3.8, 4) is 0 Å². The molecule has 0 N–H and O–H groups in total. The number of rotatable bonds is 6. The average molecular weight is 180 g/mol. The molecule has 0 heterocycles. The van der Waals surface area contributed by atoms with Crippen LogP contribution in [0.5, 0.6) is 0 Å². The summed E-state index contributed by atoms with van der Waals surface area (Å²) in [4.78, 5) is 4.29. The third-order valence-corrected chi connectivity index (χ3v) is 2.00. The van der Waals surface area contributed by atoms with Crippen LogP contribution in [0.3, 0.4) is 0 Å². The molecule has 0 aliphatic rings. The van der Waals surface area contributed by atoms with E-state index in [1.165, 1.54) is 6.08 Å². The summed E-state index contributed by atoms with van der Waals surface area (Å²) in [6, 6.07) is 0. The van der Waals surface area contributed by atoms with Crippen molar-refractivity contribution in [3.63, 3.8) is 0 Å². The summed E-state index contributed by atoms with van der Waals surface area (Å²) in [7, 11) is -3.47. The highest BCUT2D eigenvalue weighted by atomic mass is 32.2. The summed E-state index contributed by atoms with van der Waals surface area (Å²) in [5.74, 6) is -0.0237. The fourth-order valence-corrected chi connectivity index (χ4v) is 1.20. The van der Waals surface area contributed by atoms with Crippen LogP contribution in [-0.4, -0.2) is 20.8 Å². The molecule has 66 valence electrons. The van der Waals surface area contributed by atoms with E-state index in [1.54, 1.807) is 6.92 Å². The molecule has 0 aromatic rings. The molecular formula is C6H12O4S. The van der Waals surface area contributed by atoms with Crippen molar-refractivity contribution < 1.29 is 17.6 Å². The highest BCUT2D eigenvalue weighted by molar-refractivity contribution is 7.86. The Morgan fingerprint density at radius 3 is 2.64 bits per heavy atom. The highest BCUT2D eigenvalue weighted by Gasteiger charge is 2.09. The Hall–Kier alpha value is -0.390. The summed E-state index contributed by atoms with van der Waals surface area (Å²) < 4.78 is 25.6. The van der Waals surface area contributed by atoms with Crippen LogP contribution < -0.4 is 0 Å². The quantitative estimate of drug-likeness (QED) is 0.263. The van der Waals surface area contributed by atoms with Crippen molar-refractivity contribution in [2.75, 3.05) is 12.4 Å². The van der Waals surface area contributed by atoms with Gasteiger partial charge in [0.25, 0.3) is 10.1 Å². The standard InChI is InChI=1S/C6H12O4S/c1-3-5-9-10-11(7,8)6-4-2/h3H,1,4-6H2,2H3. The Morgan fingerprint density at radius 1 is 1.55 bits per heavy atom. The van der Waals surface area contributed by atoms with Crippen LogP contribution in [0.25, 0.3) is 0 Å². The lowest BCUT2D eigenvalue weighted by molar-refractivity contribution is -0.190. The number of hydrogen-bond acceptors (Lipinski definition) is 4. The molecule has 0 atom stereocenters. The van der Waals surface area contributed by atoms with E-state index in [1.807, 2.05) is 0 Å². The fourth-order valence-electron chi connectivity index (χ4n) is 0.433. The molecule has 0 aliphatic carbocycles. The maximum Gasteiger partial charge on any atom is 0.293 e. The van der Waals surface area contributed by atoms with Gasteiger partial charge in [-0.3, -0.25) is 0 Å². The molecule has 4 nitrogen and oxygen atoms in total. The van der Waals surface area contributed by atoms with Gasteiger partial charge in [0.1, 0.15) is 6.61 Å². The molecular weight excluding hydrogens is 168 g/mol. The van der Waals surface area contributed by atoms with Crippen molar-refractivity contribution in [1.82, 2.24) is 0 Å². The second-order valence-corrected chi connectivity index (χ2v) is 3.56. The Balaban J connectivity index is 3.64. The average Bonchev–Trinajstić information content (AvgIpc) is 1.87. The largest absolute Gasteiger partial charge is 0.293 e. The van der Waals surface area contributed by atoms with Crippen LogP contribution in [0, 0.1) is 0 Å². The first kappa shape index (κ1) is 10.6. The van der Waals surface area contributed by atoms with E-state index in [4.69, 9.17) is 0 Å². The molecule has 5 heteroatoms. The Bertz CT molecular complexity index is 195. The van der Waals surface area contributed by atoms with Gasteiger partial charge in [0.2, 0.25) is 0 Å². The second-order valence-electron chi connectivity index (χ2n) is 1.90. The molecule has 0 amide bonds. The summed E-state index contributed by atoms with van der Waals surface area (Å²) in [5, 5.41) is 0. The van der Waals surface area contributed by atoms with Crippen molar-refractivity contribution in [1.29, 1.82) is 0 Å². The predicted octanol–water partition coefficient (Wildman–Crippen LogP) is 0.860. The van der Waals surface area contributed by atoms with Crippen molar-refractivity contribution >= 4 is 10.1 Å². The summed E-state index contributed by atoms with van der Waals surface area (Å²) in [6.45, 7) is 5.14. The van der Waals surface area contributed by atoms with E-state index >= 15 is 0 Å². The Kier molecular flexibility index (Phi) is 5.10. The molecule has 0 bridgehead atoms. The topological polar surface area (TPSA) is 52.6 Å². The van der Waals surface area contributed by atoms with Gasteiger partial charge in [-0.2, -0.15) is 8.42 Å². The third-order valence-electron chi connectivity index (χ3n) is 0.792. The first-order chi connectivity index (χ1) is 5.12. The van der Waals surface area contributed by atoms with E-state index in [2.05, 4.69) is 15.8 Å². The van der Waals surface area contributed by atoms with Crippen LogP contribution in [0.4, 0.5) is 0 Å². The first-order valence-electron chi connectivity index (χ1n) is 3.27. The molecule has 11 heavy (non-hydrogen) atoms. The molecule has 0 fully saturated rings. The zero-order valence-electron chi connectivity index (χ0n) is 6.45. The van der Waals surface area contributed by atoms with E-state index < -0.39 is 10.1 Å². The van der Waals surface area contributed by atoms with E-state index in [9.17, 15) is 8.42 Å². The summed E-state index contributed by atoms with van der Waals surface area (Å²) >= 11 is 0. The molecule has 0 radical (unpaired) electrons. The smallest absolute Gasteiger partial charge is 0.216 e. The van der Waals surface area contributed by atoms with Gasteiger partial charge in [-0.25, -0.2) is 4.89 Å². The van der Waals surface area contributed by atoms with Gasteiger partial charge in [-0.1, -0.05) is 13.0 Å². The normalized spacial score (nSPS) is 11.4. The molecule has 0 rings (SSSR count). The van der Waals surface area contributed by atoms with Crippen molar-refractivity contribution in [2.45, 2.75) is 13.3 Å². The van der Waals surface area contributed by atoms with Crippen LogP contribution in [0.2, 0.25) is 0 Å². The van der Waals surface area contributed by atoms with Gasteiger partial charge >= 0.3 is 0 Å². The monoisotopic (exact) mass is 180 g/mol. The molecule has 0 spiro atoms. The maximum absolute atomic E-state index is 10.7. The Morgan fingerprint density at radius 2 is 2.18 bits per heavy atom. The third kappa shape index (κ3) is 6.03. The predicted molar refractivity (Wildman–Crippen MR) is 41.3 cm³/mol. The van der Waals surface area contributed by atoms with Crippen LogP contribution in [-0.2, 0) is 19.3 Å². The van der Waals surface area contributed by atoms with Crippen molar-refractivity contribution in [3.05, 3.63) is 12.7 Å². The van der Waals surface area contributed by atoms with Gasteiger partial charge in [0.15, 0.2) is 0 Å². The van der Waals surface area contributed by atoms with Crippen LogP contribution in [0.1, 0.15) is 13.3 Å². The fraction of sp³-hybridized carbons (Fsp3) is 0.667. The molecule has 0 aliphatic heterocycles. The Labute approximate surface area is 66.9 Å².